The summed E-state index contributed by atoms with van der Waals surface area (Å²) in [4.78, 5) is 19.3. The minimum atomic E-state index is -0.0804. The Balaban J connectivity index is 1.85. The summed E-state index contributed by atoms with van der Waals surface area (Å²) < 4.78 is 1.14. The molecule has 3 nitrogen and oxygen atoms in total. The third-order valence-corrected chi connectivity index (χ3v) is 5.03. The molecular formula is C18H11IN2OS. The normalized spacial score (nSPS) is 15.3. The van der Waals surface area contributed by atoms with Crippen molar-refractivity contribution in [2.75, 3.05) is 4.90 Å². The maximum atomic E-state index is 12.9. The number of amides is 1. The maximum absolute atomic E-state index is 12.9. The average Bonchev–Trinajstić information content (AvgIpc) is 3.17. The Morgan fingerprint density at radius 3 is 2.52 bits per heavy atom. The number of halogens is 1. The average molecular weight is 430 g/mol. The number of nitrogens with zero attached hydrogens (tertiary/aromatic N) is 2. The van der Waals surface area contributed by atoms with Crippen molar-refractivity contribution in [2.45, 2.75) is 0 Å². The fourth-order valence-electron chi connectivity index (χ4n) is 2.59. The first kappa shape index (κ1) is 14.6. The highest BCUT2D eigenvalue weighted by molar-refractivity contribution is 14.1. The van der Waals surface area contributed by atoms with Gasteiger partial charge in [-0.25, -0.2) is 4.99 Å². The number of rotatable bonds is 2. The van der Waals surface area contributed by atoms with E-state index >= 15 is 0 Å². The zero-order valence-electron chi connectivity index (χ0n) is 11.9. The van der Waals surface area contributed by atoms with Crippen LogP contribution in [-0.2, 0) is 4.79 Å². The van der Waals surface area contributed by atoms with Gasteiger partial charge in [0.1, 0.15) is 5.71 Å². The van der Waals surface area contributed by atoms with E-state index in [1.54, 1.807) is 16.2 Å². The van der Waals surface area contributed by atoms with Gasteiger partial charge in [0.05, 0.1) is 17.1 Å². The number of aliphatic imine (C=N–C) groups is 1. The number of hydrogen-bond donors (Lipinski definition) is 0. The Bertz CT molecular complexity index is 901. The Labute approximate surface area is 151 Å². The largest absolute Gasteiger partial charge is 0.282 e. The van der Waals surface area contributed by atoms with E-state index in [-0.39, 0.29) is 5.91 Å². The molecule has 1 aliphatic heterocycles. The second kappa shape index (κ2) is 5.90. The molecule has 0 N–H and O–H groups in total. The van der Waals surface area contributed by atoms with Gasteiger partial charge in [0.15, 0.2) is 0 Å². The van der Waals surface area contributed by atoms with Crippen molar-refractivity contribution in [3.8, 4) is 0 Å². The molecule has 0 saturated carbocycles. The number of carbonyl (C=O) groups excluding carboxylic acids is 1. The van der Waals surface area contributed by atoms with Crippen LogP contribution in [0.1, 0.15) is 5.56 Å². The van der Waals surface area contributed by atoms with Gasteiger partial charge in [-0.1, -0.05) is 18.2 Å². The molecule has 0 radical (unpaired) electrons. The lowest BCUT2D eigenvalue weighted by molar-refractivity contribution is -0.111. The van der Waals surface area contributed by atoms with Crippen LogP contribution in [0.25, 0.3) is 0 Å². The van der Waals surface area contributed by atoms with Gasteiger partial charge in [0.25, 0.3) is 5.91 Å². The molecule has 1 aromatic heterocycles. The highest BCUT2D eigenvalue weighted by atomic mass is 127. The summed E-state index contributed by atoms with van der Waals surface area (Å²) in [7, 11) is 0. The van der Waals surface area contributed by atoms with Crippen LogP contribution >= 0.6 is 33.9 Å². The molecule has 4 rings (SSSR count). The maximum Gasteiger partial charge on any atom is 0.282 e. The van der Waals surface area contributed by atoms with E-state index in [0.717, 1.165) is 26.2 Å². The lowest BCUT2D eigenvalue weighted by atomic mass is 10.1. The third kappa shape index (κ3) is 2.60. The number of benzene rings is 2. The van der Waals surface area contributed by atoms with Crippen LogP contribution in [-0.4, -0.2) is 11.6 Å². The van der Waals surface area contributed by atoms with Gasteiger partial charge in [0.2, 0.25) is 0 Å². The van der Waals surface area contributed by atoms with Gasteiger partial charge in [-0.2, -0.15) is 11.3 Å². The van der Waals surface area contributed by atoms with Crippen molar-refractivity contribution in [1.82, 2.24) is 0 Å². The van der Waals surface area contributed by atoms with E-state index in [0.29, 0.717) is 5.71 Å². The second-order valence-electron chi connectivity index (χ2n) is 5.08. The molecule has 0 spiro atoms. The molecule has 2 heterocycles. The minimum Gasteiger partial charge on any atom is -0.274 e. The number of hydrogen-bond acceptors (Lipinski definition) is 3. The molecule has 0 fully saturated rings. The van der Waals surface area contributed by atoms with E-state index in [1.807, 2.05) is 65.4 Å². The zero-order valence-corrected chi connectivity index (χ0v) is 14.9. The Kier molecular flexibility index (Phi) is 3.74. The van der Waals surface area contributed by atoms with Crippen molar-refractivity contribution in [1.29, 1.82) is 0 Å². The quantitative estimate of drug-likeness (QED) is 0.518. The SMILES string of the molecule is O=C1/C(=N\c2ccc(I)cc2)c2ccccc2N1c1ccsc1. The first-order valence-electron chi connectivity index (χ1n) is 7.04. The van der Waals surface area contributed by atoms with Gasteiger partial charge >= 0.3 is 0 Å². The third-order valence-electron chi connectivity index (χ3n) is 3.64. The number of anilines is 2. The lowest BCUT2D eigenvalue weighted by Crippen LogP contribution is -2.24. The van der Waals surface area contributed by atoms with Gasteiger partial charge < -0.3 is 0 Å². The highest BCUT2D eigenvalue weighted by Gasteiger charge is 2.34. The fraction of sp³-hybridized carbons (Fsp3) is 0. The van der Waals surface area contributed by atoms with Crippen molar-refractivity contribution in [3.63, 3.8) is 0 Å². The summed E-state index contributed by atoms with van der Waals surface area (Å²) in [6.07, 6.45) is 0. The van der Waals surface area contributed by atoms with Crippen LogP contribution in [0.15, 0.2) is 70.3 Å². The predicted octanol–water partition coefficient (Wildman–Crippen LogP) is 5.15. The van der Waals surface area contributed by atoms with Crippen molar-refractivity contribution >= 4 is 62.6 Å². The standard InChI is InChI=1S/C18H11IN2OS/c19-12-5-7-13(8-6-12)20-17-15-3-1-2-4-16(15)21(18(17)22)14-9-10-23-11-14/h1-11H/b20-17-. The van der Waals surface area contributed by atoms with Crippen LogP contribution in [0.5, 0.6) is 0 Å². The van der Waals surface area contributed by atoms with E-state index in [1.165, 1.54) is 0 Å². The summed E-state index contributed by atoms with van der Waals surface area (Å²) in [5.74, 6) is -0.0804. The summed E-state index contributed by atoms with van der Waals surface area (Å²) in [6, 6.07) is 17.6. The molecular weight excluding hydrogens is 419 g/mol. The highest BCUT2D eigenvalue weighted by Crippen LogP contribution is 2.37. The lowest BCUT2D eigenvalue weighted by Gasteiger charge is -2.14. The summed E-state index contributed by atoms with van der Waals surface area (Å²) >= 11 is 3.83. The topological polar surface area (TPSA) is 32.7 Å². The van der Waals surface area contributed by atoms with Crippen molar-refractivity contribution in [2.24, 2.45) is 4.99 Å². The number of carbonyl (C=O) groups is 1. The molecule has 0 atom stereocenters. The summed E-state index contributed by atoms with van der Waals surface area (Å²) in [5.41, 5.74) is 3.94. The number of fused-ring (bicyclic) bond motifs is 1. The molecule has 3 aromatic rings. The van der Waals surface area contributed by atoms with Gasteiger partial charge in [-0.15, -0.1) is 0 Å². The van der Waals surface area contributed by atoms with Crippen molar-refractivity contribution < 1.29 is 4.79 Å². The van der Waals surface area contributed by atoms with E-state index < -0.39 is 0 Å². The second-order valence-corrected chi connectivity index (χ2v) is 7.10. The number of para-hydroxylation sites is 1. The monoisotopic (exact) mass is 430 g/mol. The van der Waals surface area contributed by atoms with E-state index in [9.17, 15) is 4.79 Å². The van der Waals surface area contributed by atoms with Crippen molar-refractivity contribution in [3.05, 3.63) is 74.5 Å². The zero-order chi connectivity index (χ0) is 15.8. The van der Waals surface area contributed by atoms with Gasteiger partial charge in [0, 0.05) is 14.5 Å². The molecule has 1 aliphatic rings. The van der Waals surface area contributed by atoms with Crippen LogP contribution < -0.4 is 4.90 Å². The first-order chi connectivity index (χ1) is 11.2. The predicted molar refractivity (Wildman–Crippen MR) is 103 cm³/mol. The van der Waals surface area contributed by atoms with Crippen LogP contribution in [0.3, 0.4) is 0 Å². The fourth-order valence-corrected chi connectivity index (χ4v) is 3.57. The Morgan fingerprint density at radius 2 is 1.78 bits per heavy atom. The number of thiophene rings is 1. The summed E-state index contributed by atoms with van der Waals surface area (Å²) in [6.45, 7) is 0. The Morgan fingerprint density at radius 1 is 1.00 bits per heavy atom. The Hall–Kier alpha value is -1.99. The minimum absolute atomic E-state index is 0.0804. The molecule has 2 aromatic carbocycles. The van der Waals surface area contributed by atoms with E-state index in [4.69, 9.17) is 0 Å². The molecule has 23 heavy (non-hydrogen) atoms. The smallest absolute Gasteiger partial charge is 0.274 e. The van der Waals surface area contributed by atoms with E-state index in [2.05, 4.69) is 27.6 Å². The molecule has 5 heteroatoms. The molecule has 112 valence electrons. The molecule has 0 aliphatic carbocycles. The molecule has 0 unspecified atom stereocenters. The van der Waals surface area contributed by atoms with Gasteiger partial charge in [-0.3, -0.25) is 9.69 Å². The first-order valence-corrected chi connectivity index (χ1v) is 9.06. The molecule has 1 amide bonds. The van der Waals surface area contributed by atoms with Crippen LogP contribution in [0.2, 0.25) is 0 Å². The summed E-state index contributed by atoms with van der Waals surface area (Å²) in [5, 5.41) is 3.95. The van der Waals surface area contributed by atoms with Crippen LogP contribution in [0, 0.1) is 3.57 Å². The molecule has 0 bridgehead atoms. The van der Waals surface area contributed by atoms with Crippen LogP contribution in [0.4, 0.5) is 17.1 Å². The molecule has 0 saturated heterocycles. The van der Waals surface area contributed by atoms with Gasteiger partial charge in [-0.05, 0) is 64.4 Å².